The van der Waals surface area contributed by atoms with Crippen LogP contribution in [0.4, 0.5) is 0 Å². The molecule has 1 heteroatoms. The van der Waals surface area contributed by atoms with Gasteiger partial charge in [0.05, 0.1) is 6.04 Å². The minimum absolute atomic E-state index is 0.452. The van der Waals surface area contributed by atoms with Gasteiger partial charge in [-0.25, -0.2) is 0 Å². The molecule has 15 heavy (non-hydrogen) atoms. The smallest absolute Gasteiger partial charge is 0.0723 e. The second-order valence-corrected chi connectivity index (χ2v) is 3.75. The van der Waals surface area contributed by atoms with E-state index in [-0.39, 0.29) is 0 Å². The molecule has 1 unspecified atom stereocenters. The van der Waals surface area contributed by atoms with E-state index >= 15 is 0 Å². The van der Waals surface area contributed by atoms with Crippen LogP contribution in [0.25, 0.3) is 0 Å². The molecular formula is C14H21N. The van der Waals surface area contributed by atoms with Crippen LogP contribution in [0.3, 0.4) is 0 Å². The number of rotatable bonds is 0. The Hall–Kier alpha value is -1.24. The van der Waals surface area contributed by atoms with Gasteiger partial charge in [0, 0.05) is 13.2 Å². The number of likely N-dealkylation sites (N-methyl/N-ethyl adjacent to an activating group) is 1. The number of hydrogen-bond donors (Lipinski definition) is 0. The molecule has 0 fully saturated rings. The van der Waals surface area contributed by atoms with Gasteiger partial charge in [-0.05, 0) is 30.6 Å². The van der Waals surface area contributed by atoms with Crippen LogP contribution in [0.2, 0.25) is 0 Å². The molecule has 0 radical (unpaired) electrons. The molecule has 1 aliphatic heterocycles. The minimum atomic E-state index is 0.452. The van der Waals surface area contributed by atoms with Crippen LogP contribution < -0.4 is 0 Å². The summed E-state index contributed by atoms with van der Waals surface area (Å²) in [5.74, 6) is 0. The van der Waals surface area contributed by atoms with E-state index in [9.17, 15) is 0 Å². The lowest BCUT2D eigenvalue weighted by Gasteiger charge is -2.33. The molecule has 0 bridgehead atoms. The van der Waals surface area contributed by atoms with Crippen LogP contribution in [0.1, 0.15) is 27.7 Å². The molecule has 0 N–H and O–H groups in total. The molecule has 0 aromatic rings. The Kier molecular flexibility index (Phi) is 3.96. The maximum absolute atomic E-state index is 2.26. The maximum atomic E-state index is 2.26. The van der Waals surface area contributed by atoms with Gasteiger partial charge in [0.15, 0.2) is 0 Å². The highest BCUT2D eigenvalue weighted by Crippen LogP contribution is 2.29. The van der Waals surface area contributed by atoms with Gasteiger partial charge < -0.3 is 4.90 Å². The zero-order valence-electron chi connectivity index (χ0n) is 10.4. The van der Waals surface area contributed by atoms with Crippen LogP contribution in [0, 0.1) is 0 Å². The van der Waals surface area contributed by atoms with Gasteiger partial charge in [-0.3, -0.25) is 0 Å². The Bertz CT molecular complexity index is 342. The molecule has 0 aromatic heterocycles. The highest BCUT2D eigenvalue weighted by atomic mass is 15.1. The SMILES string of the molecule is CC.CC1=CN(C)C2C=CC=CC2=C1C. The van der Waals surface area contributed by atoms with E-state index in [4.69, 9.17) is 0 Å². The lowest BCUT2D eigenvalue weighted by molar-refractivity contribution is 0.414. The first-order valence-electron chi connectivity index (χ1n) is 5.66. The van der Waals surface area contributed by atoms with Crippen molar-refractivity contribution in [3.63, 3.8) is 0 Å². The summed E-state index contributed by atoms with van der Waals surface area (Å²) in [6.45, 7) is 8.37. The van der Waals surface area contributed by atoms with Gasteiger partial charge in [0.2, 0.25) is 0 Å². The van der Waals surface area contributed by atoms with Crippen LogP contribution in [0.5, 0.6) is 0 Å². The summed E-state index contributed by atoms with van der Waals surface area (Å²) in [6.07, 6.45) is 10.9. The molecule has 2 rings (SSSR count). The number of allylic oxidation sites excluding steroid dienone is 4. The summed E-state index contributed by atoms with van der Waals surface area (Å²) < 4.78 is 0. The van der Waals surface area contributed by atoms with Gasteiger partial charge in [0.1, 0.15) is 0 Å². The topological polar surface area (TPSA) is 3.24 Å². The fraction of sp³-hybridized carbons (Fsp3) is 0.429. The van der Waals surface area contributed by atoms with Crippen molar-refractivity contribution in [2.24, 2.45) is 0 Å². The first kappa shape index (κ1) is 11.8. The van der Waals surface area contributed by atoms with Crippen molar-refractivity contribution in [2.75, 3.05) is 7.05 Å². The first-order valence-corrected chi connectivity index (χ1v) is 5.66. The summed E-state index contributed by atoms with van der Waals surface area (Å²) in [5.41, 5.74) is 4.22. The van der Waals surface area contributed by atoms with Gasteiger partial charge in [-0.1, -0.05) is 38.2 Å². The van der Waals surface area contributed by atoms with E-state index in [1.807, 2.05) is 13.8 Å². The highest BCUT2D eigenvalue weighted by molar-refractivity contribution is 5.48. The van der Waals surface area contributed by atoms with Crippen molar-refractivity contribution >= 4 is 0 Å². The average molecular weight is 203 g/mol. The van der Waals surface area contributed by atoms with Gasteiger partial charge >= 0.3 is 0 Å². The predicted octanol–water partition coefficient (Wildman–Crippen LogP) is 3.67. The summed E-state index contributed by atoms with van der Waals surface area (Å²) in [4.78, 5) is 2.26. The molecular weight excluding hydrogens is 182 g/mol. The molecule has 2 aliphatic rings. The van der Waals surface area contributed by atoms with Crippen molar-refractivity contribution in [2.45, 2.75) is 33.7 Å². The summed E-state index contributed by atoms with van der Waals surface area (Å²) in [6, 6.07) is 0.452. The Balaban J connectivity index is 0.000000531. The third-order valence-corrected chi connectivity index (χ3v) is 2.86. The summed E-state index contributed by atoms with van der Waals surface area (Å²) in [7, 11) is 2.13. The summed E-state index contributed by atoms with van der Waals surface area (Å²) in [5, 5.41) is 0. The fourth-order valence-electron chi connectivity index (χ4n) is 1.94. The predicted molar refractivity (Wildman–Crippen MR) is 67.6 cm³/mol. The van der Waals surface area contributed by atoms with E-state index < -0.39 is 0 Å². The Morgan fingerprint density at radius 3 is 2.47 bits per heavy atom. The molecule has 1 atom stereocenters. The Morgan fingerprint density at radius 2 is 1.80 bits per heavy atom. The first-order chi connectivity index (χ1) is 7.20. The molecule has 0 saturated carbocycles. The number of hydrogen-bond acceptors (Lipinski definition) is 1. The van der Waals surface area contributed by atoms with Gasteiger partial charge in [0.25, 0.3) is 0 Å². The third kappa shape index (κ3) is 2.23. The zero-order chi connectivity index (χ0) is 11.4. The second kappa shape index (κ2) is 5.01. The van der Waals surface area contributed by atoms with E-state index in [1.165, 1.54) is 16.7 Å². The van der Waals surface area contributed by atoms with E-state index in [1.54, 1.807) is 0 Å². The van der Waals surface area contributed by atoms with Crippen LogP contribution in [-0.4, -0.2) is 18.0 Å². The monoisotopic (exact) mass is 203 g/mol. The minimum Gasteiger partial charge on any atom is -0.370 e. The lowest BCUT2D eigenvalue weighted by atomic mass is 9.90. The summed E-state index contributed by atoms with van der Waals surface area (Å²) >= 11 is 0. The van der Waals surface area contributed by atoms with Crippen molar-refractivity contribution in [1.82, 2.24) is 4.90 Å². The number of fused-ring (bicyclic) bond motifs is 1. The molecule has 1 heterocycles. The van der Waals surface area contributed by atoms with Gasteiger partial charge in [-0.15, -0.1) is 0 Å². The molecule has 0 spiro atoms. The van der Waals surface area contributed by atoms with Crippen molar-refractivity contribution < 1.29 is 0 Å². The van der Waals surface area contributed by atoms with Crippen molar-refractivity contribution in [1.29, 1.82) is 0 Å². The normalized spacial score (nSPS) is 23.1. The molecule has 0 amide bonds. The van der Waals surface area contributed by atoms with Crippen molar-refractivity contribution in [3.05, 3.63) is 47.2 Å². The maximum Gasteiger partial charge on any atom is 0.0723 e. The second-order valence-electron chi connectivity index (χ2n) is 3.75. The van der Waals surface area contributed by atoms with E-state index in [0.717, 1.165) is 0 Å². The Labute approximate surface area is 93.5 Å². The van der Waals surface area contributed by atoms with Gasteiger partial charge in [-0.2, -0.15) is 0 Å². The zero-order valence-corrected chi connectivity index (χ0v) is 10.4. The molecule has 1 aliphatic carbocycles. The lowest BCUT2D eigenvalue weighted by Crippen LogP contribution is -2.31. The van der Waals surface area contributed by atoms with Crippen LogP contribution in [0.15, 0.2) is 47.2 Å². The highest BCUT2D eigenvalue weighted by Gasteiger charge is 2.21. The molecule has 0 saturated heterocycles. The largest absolute Gasteiger partial charge is 0.370 e. The average Bonchev–Trinajstić information content (AvgIpc) is 2.29. The Morgan fingerprint density at radius 1 is 1.13 bits per heavy atom. The van der Waals surface area contributed by atoms with Crippen LogP contribution >= 0.6 is 0 Å². The number of nitrogens with zero attached hydrogens (tertiary/aromatic N) is 1. The van der Waals surface area contributed by atoms with Crippen molar-refractivity contribution in [3.8, 4) is 0 Å². The quantitative estimate of drug-likeness (QED) is 0.580. The third-order valence-electron chi connectivity index (χ3n) is 2.86. The van der Waals surface area contributed by atoms with E-state index in [2.05, 4.69) is 56.3 Å². The molecule has 1 nitrogen and oxygen atoms in total. The standard InChI is InChI=1S/C12H15N.C2H6/c1-9-8-13(3)12-7-5-4-6-11(12)10(9)2;1-2/h4-8,12H,1-3H3;1-2H3. The molecule has 82 valence electrons. The van der Waals surface area contributed by atoms with E-state index in [0.29, 0.717) is 6.04 Å². The molecule has 0 aromatic carbocycles. The fourth-order valence-corrected chi connectivity index (χ4v) is 1.94. The van der Waals surface area contributed by atoms with Crippen LogP contribution in [-0.2, 0) is 0 Å².